The number of hydrogen-bond acceptors (Lipinski definition) is 2. The third kappa shape index (κ3) is 2.05. The zero-order valence-corrected chi connectivity index (χ0v) is 9.64. The summed E-state index contributed by atoms with van der Waals surface area (Å²) in [6.07, 6.45) is 0. The lowest BCUT2D eigenvalue weighted by Crippen LogP contribution is -2.09. The highest BCUT2D eigenvalue weighted by atomic mass is 19.1. The van der Waals surface area contributed by atoms with E-state index >= 15 is 0 Å². The third-order valence-corrected chi connectivity index (χ3v) is 3.15. The summed E-state index contributed by atoms with van der Waals surface area (Å²) in [5.41, 5.74) is 1.66. The summed E-state index contributed by atoms with van der Waals surface area (Å²) in [7, 11) is 0. The van der Waals surface area contributed by atoms with Crippen molar-refractivity contribution < 1.29 is 9.18 Å². The lowest BCUT2D eigenvalue weighted by molar-refractivity contribution is 0.0988. The maximum absolute atomic E-state index is 12.8. The van der Waals surface area contributed by atoms with Crippen LogP contribution < -0.4 is 5.32 Å². The van der Waals surface area contributed by atoms with Crippen molar-refractivity contribution in [1.29, 1.82) is 0 Å². The van der Waals surface area contributed by atoms with Crippen LogP contribution in [0.25, 0.3) is 0 Å². The number of halogens is 1. The quantitative estimate of drug-likeness (QED) is 0.663. The van der Waals surface area contributed by atoms with Gasteiger partial charge in [0.2, 0.25) is 0 Å². The molecule has 1 aliphatic rings. The van der Waals surface area contributed by atoms with Crippen molar-refractivity contribution in [3.63, 3.8) is 0 Å². The molecule has 2 aromatic rings. The number of rotatable bonds is 3. The standard InChI is InChI=1S/C15H12FNO/c16-12-8-6-10(7-9-12)13-14(17-13)15(18)11-4-2-1-3-5-11/h1-9,13-14,17H/t13-,14+/m0/s1. The van der Waals surface area contributed by atoms with Gasteiger partial charge in [0.15, 0.2) is 5.78 Å². The first kappa shape index (κ1) is 11.1. The van der Waals surface area contributed by atoms with Crippen molar-refractivity contribution >= 4 is 5.78 Å². The Morgan fingerprint density at radius 3 is 2.33 bits per heavy atom. The van der Waals surface area contributed by atoms with Crippen molar-refractivity contribution in [2.24, 2.45) is 0 Å². The lowest BCUT2D eigenvalue weighted by atomic mass is 10.0. The summed E-state index contributed by atoms with van der Waals surface area (Å²) >= 11 is 0. The van der Waals surface area contributed by atoms with Gasteiger partial charge >= 0.3 is 0 Å². The van der Waals surface area contributed by atoms with Gasteiger partial charge in [-0.3, -0.25) is 10.1 Å². The minimum atomic E-state index is -0.259. The summed E-state index contributed by atoms with van der Waals surface area (Å²) in [5, 5.41) is 3.13. The lowest BCUT2D eigenvalue weighted by Gasteiger charge is -1.99. The first-order valence-electron chi connectivity index (χ1n) is 5.86. The molecule has 3 rings (SSSR count). The Hall–Kier alpha value is -2.00. The normalized spacial score (nSPS) is 21.6. The highest BCUT2D eigenvalue weighted by Crippen LogP contribution is 2.31. The second kappa shape index (κ2) is 4.35. The van der Waals surface area contributed by atoms with Crippen molar-refractivity contribution in [2.45, 2.75) is 12.1 Å². The van der Waals surface area contributed by atoms with Gasteiger partial charge in [0, 0.05) is 5.56 Å². The molecule has 0 aliphatic carbocycles. The average molecular weight is 241 g/mol. The number of benzene rings is 2. The number of ketones is 1. The fourth-order valence-corrected chi connectivity index (χ4v) is 2.11. The molecule has 2 aromatic carbocycles. The smallest absolute Gasteiger partial charge is 0.181 e. The zero-order chi connectivity index (χ0) is 12.5. The molecule has 90 valence electrons. The Balaban J connectivity index is 1.75. The van der Waals surface area contributed by atoms with Crippen molar-refractivity contribution in [3.05, 3.63) is 71.5 Å². The molecule has 0 spiro atoms. The Kier molecular flexibility index (Phi) is 2.68. The van der Waals surface area contributed by atoms with E-state index in [1.54, 1.807) is 12.1 Å². The Bertz CT molecular complexity index is 565. The number of carbonyl (C=O) groups is 1. The van der Waals surface area contributed by atoms with E-state index < -0.39 is 0 Å². The SMILES string of the molecule is O=C(c1ccccc1)[C@@H]1N[C@H]1c1ccc(F)cc1. The van der Waals surface area contributed by atoms with Gasteiger partial charge in [-0.15, -0.1) is 0 Å². The van der Waals surface area contributed by atoms with E-state index in [-0.39, 0.29) is 23.7 Å². The minimum absolute atomic E-state index is 0.0123. The van der Waals surface area contributed by atoms with E-state index in [2.05, 4.69) is 5.32 Å². The molecule has 2 nitrogen and oxygen atoms in total. The van der Waals surface area contributed by atoms with Gasteiger partial charge in [-0.05, 0) is 17.7 Å². The summed E-state index contributed by atoms with van der Waals surface area (Å²) in [5.74, 6) is -0.171. The number of hydrogen-bond donors (Lipinski definition) is 1. The van der Waals surface area contributed by atoms with E-state index in [1.807, 2.05) is 30.3 Å². The average Bonchev–Trinajstić information content (AvgIpc) is 3.20. The van der Waals surface area contributed by atoms with Crippen LogP contribution in [-0.2, 0) is 0 Å². The maximum Gasteiger partial charge on any atom is 0.181 e. The van der Waals surface area contributed by atoms with E-state index in [0.717, 1.165) is 5.56 Å². The predicted octanol–water partition coefficient (Wildman–Crippen LogP) is 2.72. The third-order valence-electron chi connectivity index (χ3n) is 3.15. The Morgan fingerprint density at radius 1 is 1.00 bits per heavy atom. The van der Waals surface area contributed by atoms with E-state index in [1.165, 1.54) is 12.1 Å². The van der Waals surface area contributed by atoms with Gasteiger partial charge in [-0.25, -0.2) is 4.39 Å². The molecular formula is C15H12FNO. The highest BCUT2D eigenvalue weighted by Gasteiger charge is 2.43. The van der Waals surface area contributed by atoms with E-state index in [0.29, 0.717) is 5.56 Å². The summed E-state index contributed by atoms with van der Waals surface area (Å²) < 4.78 is 12.8. The number of Topliss-reactive ketones (excluding diaryl/α,β-unsaturated/α-hetero) is 1. The molecule has 1 heterocycles. The van der Waals surface area contributed by atoms with E-state index in [4.69, 9.17) is 0 Å². The molecule has 0 unspecified atom stereocenters. The molecule has 0 saturated carbocycles. The van der Waals surface area contributed by atoms with Gasteiger partial charge in [-0.2, -0.15) is 0 Å². The van der Waals surface area contributed by atoms with Crippen LogP contribution in [0, 0.1) is 5.82 Å². The first-order valence-corrected chi connectivity index (χ1v) is 5.86. The Morgan fingerprint density at radius 2 is 1.67 bits per heavy atom. The summed E-state index contributed by atoms with van der Waals surface area (Å²) in [6, 6.07) is 15.3. The molecule has 1 fully saturated rings. The van der Waals surface area contributed by atoms with Crippen molar-refractivity contribution in [2.75, 3.05) is 0 Å². The molecule has 0 bridgehead atoms. The van der Waals surface area contributed by atoms with Crippen LogP contribution >= 0.6 is 0 Å². The van der Waals surface area contributed by atoms with Crippen molar-refractivity contribution in [1.82, 2.24) is 5.32 Å². The van der Waals surface area contributed by atoms with Crippen LogP contribution in [0.2, 0.25) is 0 Å². The molecule has 18 heavy (non-hydrogen) atoms. The van der Waals surface area contributed by atoms with Crippen LogP contribution in [0.5, 0.6) is 0 Å². The molecule has 0 aromatic heterocycles. The number of carbonyl (C=O) groups excluding carboxylic acids is 1. The van der Waals surface area contributed by atoms with Gasteiger partial charge in [0.05, 0.1) is 12.1 Å². The van der Waals surface area contributed by atoms with Gasteiger partial charge < -0.3 is 0 Å². The van der Waals surface area contributed by atoms with Gasteiger partial charge in [0.25, 0.3) is 0 Å². The first-order chi connectivity index (χ1) is 8.75. The molecule has 1 saturated heterocycles. The maximum atomic E-state index is 12.8. The second-order valence-corrected chi connectivity index (χ2v) is 4.40. The largest absolute Gasteiger partial charge is 0.297 e. The molecule has 1 N–H and O–H groups in total. The molecule has 0 amide bonds. The monoisotopic (exact) mass is 241 g/mol. The van der Waals surface area contributed by atoms with E-state index in [9.17, 15) is 9.18 Å². The number of nitrogens with one attached hydrogen (secondary N) is 1. The summed E-state index contributed by atoms with van der Waals surface area (Å²) in [6.45, 7) is 0. The molecule has 3 heteroatoms. The van der Waals surface area contributed by atoms with Crippen LogP contribution in [-0.4, -0.2) is 11.8 Å². The molecular weight excluding hydrogens is 229 g/mol. The minimum Gasteiger partial charge on any atom is -0.297 e. The predicted molar refractivity (Wildman–Crippen MR) is 66.8 cm³/mol. The molecule has 2 atom stereocenters. The molecule has 1 aliphatic heterocycles. The molecule has 0 radical (unpaired) electrons. The fourth-order valence-electron chi connectivity index (χ4n) is 2.11. The van der Waals surface area contributed by atoms with Crippen LogP contribution in [0.4, 0.5) is 4.39 Å². The fraction of sp³-hybridized carbons (Fsp3) is 0.133. The second-order valence-electron chi connectivity index (χ2n) is 4.40. The van der Waals surface area contributed by atoms with Crippen LogP contribution in [0.15, 0.2) is 54.6 Å². The Labute approximate surface area is 104 Å². The summed E-state index contributed by atoms with van der Waals surface area (Å²) in [4.78, 5) is 12.1. The topological polar surface area (TPSA) is 39.0 Å². The highest BCUT2D eigenvalue weighted by molar-refractivity contribution is 6.02. The van der Waals surface area contributed by atoms with Crippen LogP contribution in [0.1, 0.15) is 22.0 Å². The van der Waals surface area contributed by atoms with Gasteiger partial charge in [0.1, 0.15) is 5.82 Å². The van der Waals surface area contributed by atoms with Crippen LogP contribution in [0.3, 0.4) is 0 Å². The van der Waals surface area contributed by atoms with Crippen molar-refractivity contribution in [3.8, 4) is 0 Å². The zero-order valence-electron chi connectivity index (χ0n) is 9.64. The van der Waals surface area contributed by atoms with Gasteiger partial charge in [-0.1, -0.05) is 42.5 Å².